The van der Waals surface area contributed by atoms with E-state index < -0.39 is 0 Å². The Morgan fingerprint density at radius 2 is 2.05 bits per heavy atom. The highest BCUT2D eigenvalue weighted by molar-refractivity contribution is 9.10. The van der Waals surface area contributed by atoms with Gasteiger partial charge in [-0.2, -0.15) is 4.98 Å². The van der Waals surface area contributed by atoms with Crippen LogP contribution in [0.4, 0.5) is 5.95 Å². The lowest BCUT2D eigenvalue weighted by molar-refractivity contribution is 0.324. The number of rotatable bonds is 5. The lowest BCUT2D eigenvalue weighted by Gasteiger charge is -2.15. The summed E-state index contributed by atoms with van der Waals surface area (Å²) in [6.45, 7) is 4.57. The molecule has 1 aromatic carbocycles. The highest BCUT2D eigenvalue weighted by Crippen LogP contribution is 2.24. The molecule has 0 aliphatic heterocycles. The van der Waals surface area contributed by atoms with Gasteiger partial charge in [0.15, 0.2) is 0 Å². The third-order valence-corrected chi connectivity index (χ3v) is 3.18. The summed E-state index contributed by atoms with van der Waals surface area (Å²) in [7, 11) is 0. The minimum absolute atomic E-state index is 0.136. The molecule has 2 aromatic rings. The molecule has 0 spiro atoms. The van der Waals surface area contributed by atoms with Crippen LogP contribution in [0.15, 0.2) is 41.0 Å². The molecule has 19 heavy (non-hydrogen) atoms. The fraction of sp³-hybridized carbons (Fsp3) is 0.286. The highest BCUT2D eigenvalue weighted by atomic mass is 79.9. The maximum atomic E-state index is 5.43. The third-order valence-electron chi connectivity index (χ3n) is 2.64. The van der Waals surface area contributed by atoms with Crippen molar-refractivity contribution in [3.8, 4) is 5.88 Å². The summed E-state index contributed by atoms with van der Waals surface area (Å²) >= 11 is 3.36. The number of hydrogen-bond donors (Lipinski definition) is 1. The molecule has 0 radical (unpaired) electrons. The van der Waals surface area contributed by atoms with Crippen LogP contribution in [-0.4, -0.2) is 16.6 Å². The second kappa shape index (κ2) is 6.52. The van der Waals surface area contributed by atoms with Crippen LogP contribution in [0, 0.1) is 0 Å². The minimum Gasteiger partial charge on any atom is -0.477 e. The maximum absolute atomic E-state index is 5.43. The molecular weight excluding hydrogens is 306 g/mol. The summed E-state index contributed by atoms with van der Waals surface area (Å²) in [6, 6.07) is 10.3. The molecule has 1 heterocycles. The smallest absolute Gasteiger partial charge is 0.232 e. The average Bonchev–Trinajstić information content (AvgIpc) is 2.44. The van der Waals surface area contributed by atoms with Gasteiger partial charge in [0.2, 0.25) is 11.8 Å². The van der Waals surface area contributed by atoms with E-state index in [1.165, 1.54) is 5.56 Å². The Morgan fingerprint density at radius 3 is 2.74 bits per heavy atom. The number of nitrogens with one attached hydrogen (secondary N) is 1. The van der Waals surface area contributed by atoms with E-state index in [4.69, 9.17) is 4.74 Å². The van der Waals surface area contributed by atoms with Crippen molar-refractivity contribution >= 4 is 21.9 Å². The number of anilines is 1. The van der Waals surface area contributed by atoms with Gasteiger partial charge >= 0.3 is 0 Å². The van der Waals surface area contributed by atoms with Crippen molar-refractivity contribution in [2.24, 2.45) is 0 Å². The fourth-order valence-electron chi connectivity index (χ4n) is 1.68. The Kier molecular flexibility index (Phi) is 4.74. The SMILES string of the molecule is CCOc1nc(N[C@@H](C)c2ccccc2)ncc1Br. The average molecular weight is 322 g/mol. The summed E-state index contributed by atoms with van der Waals surface area (Å²) in [6.07, 6.45) is 1.69. The van der Waals surface area contributed by atoms with Gasteiger partial charge in [0.25, 0.3) is 0 Å². The first kappa shape index (κ1) is 13.8. The lowest BCUT2D eigenvalue weighted by Crippen LogP contribution is -2.10. The molecule has 2 rings (SSSR count). The van der Waals surface area contributed by atoms with Crippen LogP contribution < -0.4 is 10.1 Å². The number of benzene rings is 1. The summed E-state index contributed by atoms with van der Waals surface area (Å²) in [5, 5.41) is 3.26. The number of halogens is 1. The molecule has 5 heteroatoms. The van der Waals surface area contributed by atoms with E-state index in [2.05, 4.69) is 50.3 Å². The zero-order valence-corrected chi connectivity index (χ0v) is 12.5. The fourth-order valence-corrected chi connectivity index (χ4v) is 1.98. The van der Waals surface area contributed by atoms with Gasteiger partial charge in [-0.25, -0.2) is 4.98 Å². The van der Waals surface area contributed by atoms with Crippen molar-refractivity contribution < 1.29 is 4.74 Å². The van der Waals surface area contributed by atoms with Gasteiger partial charge in [0, 0.05) is 0 Å². The van der Waals surface area contributed by atoms with Gasteiger partial charge in [0.05, 0.1) is 23.3 Å². The monoisotopic (exact) mass is 321 g/mol. The predicted molar refractivity (Wildman–Crippen MR) is 79.4 cm³/mol. The quantitative estimate of drug-likeness (QED) is 0.909. The van der Waals surface area contributed by atoms with Crippen LogP contribution in [0.1, 0.15) is 25.5 Å². The van der Waals surface area contributed by atoms with E-state index >= 15 is 0 Å². The van der Waals surface area contributed by atoms with E-state index in [0.29, 0.717) is 18.4 Å². The molecule has 4 nitrogen and oxygen atoms in total. The van der Waals surface area contributed by atoms with E-state index in [1.807, 2.05) is 25.1 Å². The van der Waals surface area contributed by atoms with Gasteiger partial charge in [-0.1, -0.05) is 30.3 Å². The van der Waals surface area contributed by atoms with Crippen LogP contribution in [-0.2, 0) is 0 Å². The maximum Gasteiger partial charge on any atom is 0.232 e. The standard InChI is InChI=1S/C14H16BrN3O/c1-3-19-13-12(15)9-16-14(18-13)17-10(2)11-7-5-4-6-8-11/h4-10H,3H2,1-2H3,(H,16,17,18)/t10-/m0/s1. The van der Waals surface area contributed by atoms with E-state index in [0.717, 1.165) is 4.47 Å². The Morgan fingerprint density at radius 1 is 1.32 bits per heavy atom. The Labute approximate surface area is 121 Å². The first-order chi connectivity index (χ1) is 9.20. The number of nitrogens with zero attached hydrogens (tertiary/aromatic N) is 2. The summed E-state index contributed by atoms with van der Waals surface area (Å²) < 4.78 is 6.18. The van der Waals surface area contributed by atoms with Crippen LogP contribution in [0.5, 0.6) is 5.88 Å². The molecule has 0 unspecified atom stereocenters. The molecule has 0 bridgehead atoms. The molecule has 1 N–H and O–H groups in total. The van der Waals surface area contributed by atoms with Crippen molar-refractivity contribution in [3.05, 3.63) is 46.6 Å². The number of aromatic nitrogens is 2. The summed E-state index contributed by atoms with van der Waals surface area (Å²) in [5.41, 5.74) is 1.19. The van der Waals surface area contributed by atoms with Gasteiger partial charge in [-0.15, -0.1) is 0 Å². The van der Waals surface area contributed by atoms with E-state index in [9.17, 15) is 0 Å². The topological polar surface area (TPSA) is 47.0 Å². The normalized spacial score (nSPS) is 11.9. The van der Waals surface area contributed by atoms with Crippen molar-refractivity contribution in [2.75, 3.05) is 11.9 Å². The molecule has 0 fully saturated rings. The van der Waals surface area contributed by atoms with E-state index in [-0.39, 0.29) is 6.04 Å². The Balaban J connectivity index is 2.13. The van der Waals surface area contributed by atoms with Gasteiger partial charge in [-0.05, 0) is 35.3 Å². The van der Waals surface area contributed by atoms with Crippen molar-refractivity contribution in [1.29, 1.82) is 0 Å². The predicted octanol–water partition coefficient (Wildman–Crippen LogP) is 3.81. The first-order valence-corrected chi connectivity index (χ1v) is 6.96. The molecule has 0 aliphatic carbocycles. The second-order valence-electron chi connectivity index (χ2n) is 4.06. The second-order valence-corrected chi connectivity index (χ2v) is 4.91. The zero-order valence-electron chi connectivity index (χ0n) is 10.9. The Bertz CT molecular complexity index is 533. The summed E-state index contributed by atoms with van der Waals surface area (Å²) in [5.74, 6) is 1.11. The number of ether oxygens (including phenoxy) is 1. The van der Waals surface area contributed by atoms with Crippen LogP contribution in [0.2, 0.25) is 0 Å². The van der Waals surface area contributed by atoms with Crippen LogP contribution in [0.3, 0.4) is 0 Å². The van der Waals surface area contributed by atoms with Crippen LogP contribution in [0.25, 0.3) is 0 Å². The van der Waals surface area contributed by atoms with Crippen molar-refractivity contribution in [3.63, 3.8) is 0 Å². The zero-order chi connectivity index (χ0) is 13.7. The highest BCUT2D eigenvalue weighted by Gasteiger charge is 2.09. The van der Waals surface area contributed by atoms with E-state index in [1.54, 1.807) is 6.20 Å². The molecule has 0 aliphatic rings. The molecule has 100 valence electrons. The molecule has 1 aromatic heterocycles. The van der Waals surface area contributed by atoms with Gasteiger partial charge in [-0.3, -0.25) is 0 Å². The molecular formula is C14H16BrN3O. The molecule has 1 atom stereocenters. The largest absolute Gasteiger partial charge is 0.477 e. The van der Waals surface area contributed by atoms with Crippen molar-refractivity contribution in [2.45, 2.75) is 19.9 Å². The number of hydrogen-bond acceptors (Lipinski definition) is 4. The summed E-state index contributed by atoms with van der Waals surface area (Å²) in [4.78, 5) is 8.57. The van der Waals surface area contributed by atoms with Crippen LogP contribution >= 0.6 is 15.9 Å². The van der Waals surface area contributed by atoms with Gasteiger partial charge < -0.3 is 10.1 Å². The molecule has 0 saturated carbocycles. The third kappa shape index (κ3) is 3.67. The van der Waals surface area contributed by atoms with Crippen molar-refractivity contribution in [1.82, 2.24) is 9.97 Å². The first-order valence-electron chi connectivity index (χ1n) is 6.17. The molecule has 0 amide bonds. The lowest BCUT2D eigenvalue weighted by atomic mass is 10.1. The Hall–Kier alpha value is -1.62. The minimum atomic E-state index is 0.136. The van der Waals surface area contributed by atoms with Gasteiger partial charge in [0.1, 0.15) is 0 Å². The molecule has 0 saturated heterocycles.